The van der Waals surface area contributed by atoms with Crippen molar-refractivity contribution >= 4 is 0 Å². The second-order valence-electron chi connectivity index (χ2n) is 3.37. The van der Waals surface area contributed by atoms with Crippen molar-refractivity contribution in [2.45, 2.75) is 6.42 Å². The van der Waals surface area contributed by atoms with Crippen LogP contribution in [0.1, 0.15) is 5.82 Å². The maximum atomic E-state index is 5.28. The van der Waals surface area contributed by atoms with Crippen molar-refractivity contribution in [2.24, 2.45) is 0 Å². The van der Waals surface area contributed by atoms with Crippen LogP contribution in [0.5, 0.6) is 0 Å². The number of aromatic nitrogens is 2. The van der Waals surface area contributed by atoms with Crippen LogP contribution in [0.25, 0.3) is 0 Å². The van der Waals surface area contributed by atoms with E-state index in [2.05, 4.69) is 14.9 Å². The molecule has 0 amide bonds. The Labute approximate surface area is 83.9 Å². The molecule has 0 aromatic carbocycles. The van der Waals surface area contributed by atoms with Crippen molar-refractivity contribution in [3.05, 3.63) is 24.3 Å². The van der Waals surface area contributed by atoms with E-state index in [1.165, 1.54) is 0 Å². The van der Waals surface area contributed by atoms with Gasteiger partial charge in [-0.25, -0.2) is 9.97 Å². The fourth-order valence-corrected chi connectivity index (χ4v) is 1.54. The minimum Gasteiger partial charge on any atom is -0.379 e. The first kappa shape index (κ1) is 9.55. The predicted octanol–water partition coefficient (Wildman–Crippen LogP) is 0.351. The molecule has 1 aromatic rings. The molecule has 0 saturated carbocycles. The number of nitrogens with zero attached hydrogens (tertiary/aromatic N) is 3. The number of hydrogen-bond acceptors (Lipinski definition) is 4. The summed E-state index contributed by atoms with van der Waals surface area (Å²) in [7, 11) is 0. The van der Waals surface area contributed by atoms with Crippen LogP contribution in [0.4, 0.5) is 0 Å². The summed E-state index contributed by atoms with van der Waals surface area (Å²) in [6.07, 6.45) is 4.52. The Morgan fingerprint density at radius 2 is 1.93 bits per heavy atom. The quantitative estimate of drug-likeness (QED) is 0.694. The first-order valence-corrected chi connectivity index (χ1v) is 5.01. The SMILES string of the molecule is c1cnc(CCN2CCOCC2)nc1. The van der Waals surface area contributed by atoms with Crippen molar-refractivity contribution in [2.75, 3.05) is 32.8 Å². The van der Waals surface area contributed by atoms with E-state index in [1.807, 2.05) is 6.07 Å². The third-order valence-electron chi connectivity index (χ3n) is 2.37. The van der Waals surface area contributed by atoms with Gasteiger partial charge in [0.2, 0.25) is 0 Å². The maximum absolute atomic E-state index is 5.28. The van der Waals surface area contributed by atoms with E-state index in [0.717, 1.165) is 45.1 Å². The second kappa shape index (κ2) is 5.02. The largest absolute Gasteiger partial charge is 0.379 e. The lowest BCUT2D eigenvalue weighted by Crippen LogP contribution is -2.37. The summed E-state index contributed by atoms with van der Waals surface area (Å²) in [5.41, 5.74) is 0. The van der Waals surface area contributed by atoms with Crippen LogP contribution in [0.2, 0.25) is 0 Å². The molecule has 0 N–H and O–H groups in total. The summed E-state index contributed by atoms with van der Waals surface area (Å²) in [6, 6.07) is 1.85. The van der Waals surface area contributed by atoms with E-state index in [1.54, 1.807) is 12.4 Å². The average Bonchev–Trinajstić information content (AvgIpc) is 2.29. The van der Waals surface area contributed by atoms with Crippen LogP contribution in [0, 0.1) is 0 Å². The summed E-state index contributed by atoms with van der Waals surface area (Å²) in [6.45, 7) is 4.82. The molecule has 1 saturated heterocycles. The van der Waals surface area contributed by atoms with E-state index >= 15 is 0 Å². The first-order chi connectivity index (χ1) is 6.95. The molecule has 0 radical (unpaired) electrons. The van der Waals surface area contributed by atoms with Crippen LogP contribution in [0.3, 0.4) is 0 Å². The average molecular weight is 193 g/mol. The molecule has 14 heavy (non-hydrogen) atoms. The Bertz CT molecular complexity index is 259. The van der Waals surface area contributed by atoms with Gasteiger partial charge in [-0.2, -0.15) is 0 Å². The van der Waals surface area contributed by atoms with Gasteiger partial charge in [0.15, 0.2) is 0 Å². The molecule has 0 atom stereocenters. The zero-order valence-electron chi connectivity index (χ0n) is 8.22. The van der Waals surface area contributed by atoms with Crippen molar-refractivity contribution in [3.8, 4) is 0 Å². The van der Waals surface area contributed by atoms with Crippen LogP contribution >= 0.6 is 0 Å². The van der Waals surface area contributed by atoms with E-state index in [-0.39, 0.29) is 0 Å². The molecule has 1 aliphatic rings. The Morgan fingerprint density at radius 3 is 2.64 bits per heavy atom. The zero-order chi connectivity index (χ0) is 9.64. The summed E-state index contributed by atoms with van der Waals surface area (Å²) >= 11 is 0. The molecule has 76 valence electrons. The van der Waals surface area contributed by atoms with Crippen LogP contribution in [0.15, 0.2) is 18.5 Å². The highest BCUT2D eigenvalue weighted by atomic mass is 16.5. The Hall–Kier alpha value is -1.00. The minimum atomic E-state index is 0.857. The summed E-state index contributed by atoms with van der Waals surface area (Å²) in [5.74, 6) is 0.930. The molecular formula is C10H15N3O. The monoisotopic (exact) mass is 193 g/mol. The third-order valence-corrected chi connectivity index (χ3v) is 2.37. The molecule has 4 nitrogen and oxygen atoms in total. The predicted molar refractivity (Wildman–Crippen MR) is 53.0 cm³/mol. The van der Waals surface area contributed by atoms with Gasteiger partial charge in [-0.15, -0.1) is 0 Å². The first-order valence-electron chi connectivity index (χ1n) is 5.01. The van der Waals surface area contributed by atoms with Crippen LogP contribution in [-0.2, 0) is 11.2 Å². The molecule has 0 spiro atoms. The van der Waals surface area contributed by atoms with E-state index in [0.29, 0.717) is 0 Å². The maximum Gasteiger partial charge on any atom is 0.129 e. The molecule has 0 unspecified atom stereocenters. The smallest absolute Gasteiger partial charge is 0.129 e. The van der Waals surface area contributed by atoms with Gasteiger partial charge in [0.25, 0.3) is 0 Å². The van der Waals surface area contributed by atoms with Crippen LogP contribution in [-0.4, -0.2) is 47.7 Å². The van der Waals surface area contributed by atoms with Gasteiger partial charge in [-0.1, -0.05) is 0 Å². The highest BCUT2D eigenvalue weighted by Crippen LogP contribution is 1.98. The van der Waals surface area contributed by atoms with Crippen molar-refractivity contribution < 1.29 is 4.74 Å². The van der Waals surface area contributed by atoms with E-state index in [4.69, 9.17) is 4.74 Å². The molecular weight excluding hydrogens is 178 g/mol. The Balaban J connectivity index is 1.76. The van der Waals surface area contributed by atoms with Crippen molar-refractivity contribution in [1.29, 1.82) is 0 Å². The van der Waals surface area contributed by atoms with Gasteiger partial charge in [0.1, 0.15) is 5.82 Å². The molecule has 1 aliphatic heterocycles. The van der Waals surface area contributed by atoms with Crippen molar-refractivity contribution in [3.63, 3.8) is 0 Å². The number of hydrogen-bond donors (Lipinski definition) is 0. The molecule has 4 heteroatoms. The van der Waals surface area contributed by atoms with Gasteiger partial charge in [-0.3, -0.25) is 4.90 Å². The van der Waals surface area contributed by atoms with Crippen molar-refractivity contribution in [1.82, 2.24) is 14.9 Å². The molecule has 0 bridgehead atoms. The third kappa shape index (κ3) is 2.75. The number of ether oxygens (including phenoxy) is 1. The lowest BCUT2D eigenvalue weighted by molar-refractivity contribution is 0.0382. The molecule has 1 fully saturated rings. The lowest BCUT2D eigenvalue weighted by atomic mass is 10.3. The lowest BCUT2D eigenvalue weighted by Gasteiger charge is -2.26. The molecule has 2 rings (SSSR count). The fraction of sp³-hybridized carbons (Fsp3) is 0.600. The standard InChI is InChI=1S/C10H15N3O/c1-3-11-10(12-4-1)2-5-13-6-8-14-9-7-13/h1,3-4H,2,5-9H2. The van der Waals surface area contributed by atoms with E-state index < -0.39 is 0 Å². The fourth-order valence-electron chi connectivity index (χ4n) is 1.54. The highest BCUT2D eigenvalue weighted by molar-refractivity contribution is 4.89. The summed E-state index contributed by atoms with van der Waals surface area (Å²) in [5, 5.41) is 0. The molecule has 2 heterocycles. The van der Waals surface area contributed by atoms with Gasteiger partial charge >= 0.3 is 0 Å². The van der Waals surface area contributed by atoms with Gasteiger partial charge in [0.05, 0.1) is 13.2 Å². The summed E-state index contributed by atoms with van der Waals surface area (Å²) in [4.78, 5) is 10.8. The van der Waals surface area contributed by atoms with Gasteiger partial charge in [0, 0.05) is 38.4 Å². The summed E-state index contributed by atoms with van der Waals surface area (Å²) < 4.78 is 5.28. The molecule has 0 aliphatic carbocycles. The zero-order valence-corrected chi connectivity index (χ0v) is 8.22. The number of morpholine rings is 1. The molecule has 1 aromatic heterocycles. The second-order valence-corrected chi connectivity index (χ2v) is 3.37. The Kier molecular flexibility index (Phi) is 3.43. The van der Waals surface area contributed by atoms with Gasteiger partial charge < -0.3 is 4.74 Å². The van der Waals surface area contributed by atoms with Crippen LogP contribution < -0.4 is 0 Å². The Morgan fingerprint density at radius 1 is 1.21 bits per heavy atom. The highest BCUT2D eigenvalue weighted by Gasteiger charge is 2.09. The van der Waals surface area contributed by atoms with E-state index in [9.17, 15) is 0 Å². The minimum absolute atomic E-state index is 0.857. The normalized spacial score (nSPS) is 18.3. The van der Waals surface area contributed by atoms with Gasteiger partial charge in [-0.05, 0) is 6.07 Å². The topological polar surface area (TPSA) is 38.2 Å². The number of rotatable bonds is 3.